The van der Waals surface area contributed by atoms with Crippen LogP contribution in [-0.2, 0) is 11.4 Å². The highest BCUT2D eigenvalue weighted by Gasteiger charge is 2.46. The highest BCUT2D eigenvalue weighted by atomic mass is 19.1. The number of methoxy groups -OCH3 is 1. The fourth-order valence-electron chi connectivity index (χ4n) is 6.45. The number of hydrogen-bond acceptors (Lipinski definition) is 3. The predicted molar refractivity (Wildman–Crippen MR) is 152 cm³/mol. The van der Waals surface area contributed by atoms with E-state index >= 15 is 4.39 Å². The summed E-state index contributed by atoms with van der Waals surface area (Å²) in [6, 6.07) is 19.0. The Morgan fingerprint density at radius 3 is 2.46 bits per heavy atom. The van der Waals surface area contributed by atoms with Crippen LogP contribution in [-0.4, -0.2) is 18.2 Å². The molecular formula is C34H39FO4. The zero-order valence-electron chi connectivity index (χ0n) is 23.4. The first kappa shape index (κ1) is 27.2. The molecule has 2 atom stereocenters. The van der Waals surface area contributed by atoms with E-state index in [0.29, 0.717) is 23.8 Å². The van der Waals surface area contributed by atoms with Crippen molar-refractivity contribution in [1.82, 2.24) is 0 Å². The smallest absolute Gasteiger partial charge is 0.303 e. The second-order valence-electron chi connectivity index (χ2n) is 12.4. The third-order valence-electron chi connectivity index (χ3n) is 9.14. The number of halogens is 1. The average molecular weight is 531 g/mol. The maximum absolute atomic E-state index is 15.1. The molecule has 0 saturated heterocycles. The van der Waals surface area contributed by atoms with Gasteiger partial charge in [-0.25, -0.2) is 4.39 Å². The second kappa shape index (κ2) is 10.7. The van der Waals surface area contributed by atoms with E-state index in [1.54, 1.807) is 19.2 Å². The van der Waals surface area contributed by atoms with E-state index in [1.807, 2.05) is 36.4 Å². The second-order valence-corrected chi connectivity index (χ2v) is 12.4. The summed E-state index contributed by atoms with van der Waals surface area (Å²) in [5.41, 5.74) is 4.84. The van der Waals surface area contributed by atoms with E-state index in [0.717, 1.165) is 60.1 Å². The van der Waals surface area contributed by atoms with Crippen molar-refractivity contribution in [3.05, 3.63) is 83.2 Å². The summed E-state index contributed by atoms with van der Waals surface area (Å²) in [6.07, 6.45) is 5.60. The maximum Gasteiger partial charge on any atom is 0.303 e. The first-order chi connectivity index (χ1) is 18.6. The molecule has 1 N–H and O–H groups in total. The van der Waals surface area contributed by atoms with E-state index in [-0.39, 0.29) is 29.0 Å². The molecule has 0 unspecified atom stereocenters. The van der Waals surface area contributed by atoms with E-state index in [9.17, 15) is 9.90 Å². The standard InChI is InChI=1S/C34H39FO4/c1-33(2)14-6-9-29(33)27-17-22(10-12-26(27)28-19-24(38-4)11-13-31(28)35)21-39-25-8-5-7-23(18-25)30(20-32(36)37)34(3)15-16-34/h5,7-8,10-13,17-19,29-30H,6,9,14-16,20-21H2,1-4H3,(H,36,37)/t29-,30-/m1/s1. The van der Waals surface area contributed by atoms with Gasteiger partial charge in [0, 0.05) is 5.56 Å². The van der Waals surface area contributed by atoms with Crippen LogP contribution in [0.5, 0.6) is 11.5 Å². The normalized spacial score (nSPS) is 19.9. The average Bonchev–Trinajstić information content (AvgIpc) is 3.56. The third-order valence-corrected chi connectivity index (χ3v) is 9.14. The van der Waals surface area contributed by atoms with Crippen molar-refractivity contribution >= 4 is 5.97 Å². The summed E-state index contributed by atoms with van der Waals surface area (Å²) in [5, 5.41) is 9.50. The lowest BCUT2D eigenvalue weighted by atomic mass is 9.75. The number of hydrogen-bond donors (Lipinski definition) is 1. The van der Waals surface area contributed by atoms with Crippen molar-refractivity contribution in [1.29, 1.82) is 0 Å². The molecular weight excluding hydrogens is 491 g/mol. The molecule has 206 valence electrons. The van der Waals surface area contributed by atoms with Gasteiger partial charge in [0.15, 0.2) is 0 Å². The summed E-state index contributed by atoms with van der Waals surface area (Å²) in [4.78, 5) is 11.6. The van der Waals surface area contributed by atoms with Crippen LogP contribution in [0.1, 0.15) is 87.8 Å². The molecule has 2 saturated carbocycles. The van der Waals surface area contributed by atoms with Crippen LogP contribution in [0.15, 0.2) is 60.7 Å². The van der Waals surface area contributed by atoms with Gasteiger partial charge in [-0.2, -0.15) is 0 Å². The van der Waals surface area contributed by atoms with Gasteiger partial charge >= 0.3 is 5.97 Å². The van der Waals surface area contributed by atoms with Crippen molar-refractivity contribution in [2.75, 3.05) is 7.11 Å². The summed E-state index contributed by atoms with van der Waals surface area (Å²) in [6.45, 7) is 7.16. The predicted octanol–water partition coefficient (Wildman–Crippen LogP) is 8.73. The van der Waals surface area contributed by atoms with Crippen molar-refractivity contribution in [2.24, 2.45) is 10.8 Å². The monoisotopic (exact) mass is 530 g/mol. The van der Waals surface area contributed by atoms with Crippen LogP contribution in [0.2, 0.25) is 0 Å². The highest BCUT2D eigenvalue weighted by molar-refractivity contribution is 5.71. The number of benzene rings is 3. The molecule has 0 amide bonds. The highest BCUT2D eigenvalue weighted by Crippen LogP contribution is 2.57. The Hall–Kier alpha value is -3.34. The Morgan fingerprint density at radius 2 is 1.79 bits per heavy atom. The van der Waals surface area contributed by atoms with Gasteiger partial charge in [-0.15, -0.1) is 0 Å². The zero-order chi connectivity index (χ0) is 27.8. The van der Waals surface area contributed by atoms with Crippen molar-refractivity contribution < 1.29 is 23.8 Å². The van der Waals surface area contributed by atoms with Crippen molar-refractivity contribution in [3.8, 4) is 22.6 Å². The molecule has 0 bridgehead atoms. The summed E-state index contributed by atoms with van der Waals surface area (Å²) in [5.74, 6) is 0.641. The lowest BCUT2D eigenvalue weighted by molar-refractivity contribution is -0.137. The van der Waals surface area contributed by atoms with E-state index in [2.05, 4.69) is 26.8 Å². The molecule has 2 aliphatic rings. The molecule has 5 heteroatoms. The van der Waals surface area contributed by atoms with Gasteiger partial charge in [-0.05, 0) is 101 Å². The van der Waals surface area contributed by atoms with Crippen LogP contribution in [0.4, 0.5) is 4.39 Å². The van der Waals surface area contributed by atoms with E-state index < -0.39 is 5.97 Å². The molecule has 0 radical (unpaired) electrons. The number of ether oxygens (including phenoxy) is 2. The van der Waals surface area contributed by atoms with Gasteiger partial charge in [0.05, 0.1) is 13.5 Å². The number of carboxylic acid groups (broad SMARTS) is 1. The van der Waals surface area contributed by atoms with Gasteiger partial charge in [0.2, 0.25) is 0 Å². The van der Waals surface area contributed by atoms with Gasteiger partial charge in [-0.1, -0.05) is 57.5 Å². The van der Waals surface area contributed by atoms with E-state index in [1.165, 1.54) is 6.07 Å². The molecule has 3 aromatic carbocycles. The Labute approximate surface area is 231 Å². The molecule has 0 aromatic heterocycles. The van der Waals surface area contributed by atoms with Gasteiger partial charge in [0.1, 0.15) is 23.9 Å². The van der Waals surface area contributed by atoms with Crippen LogP contribution in [0.3, 0.4) is 0 Å². The number of carbonyl (C=O) groups is 1. The first-order valence-corrected chi connectivity index (χ1v) is 14.0. The lowest BCUT2D eigenvalue weighted by Gasteiger charge is -2.30. The Bertz CT molecular complexity index is 1360. The maximum atomic E-state index is 15.1. The van der Waals surface area contributed by atoms with Gasteiger partial charge in [-0.3, -0.25) is 4.79 Å². The summed E-state index contributed by atoms with van der Waals surface area (Å²) in [7, 11) is 1.60. The van der Waals surface area contributed by atoms with Crippen LogP contribution in [0.25, 0.3) is 11.1 Å². The number of rotatable bonds is 10. The summed E-state index contributed by atoms with van der Waals surface area (Å²) >= 11 is 0. The van der Waals surface area contributed by atoms with Crippen LogP contribution in [0, 0.1) is 16.6 Å². The largest absolute Gasteiger partial charge is 0.497 e. The Morgan fingerprint density at radius 1 is 1.00 bits per heavy atom. The molecule has 0 aliphatic heterocycles. The zero-order valence-corrected chi connectivity index (χ0v) is 23.4. The van der Waals surface area contributed by atoms with Crippen LogP contribution < -0.4 is 9.47 Å². The SMILES string of the molecule is COc1ccc(F)c(-c2ccc(COc3cccc([C@@H](CC(=O)O)C4(C)CC4)c3)cc2[C@H]2CCCC2(C)C)c1. The number of carboxylic acids is 1. The molecule has 4 nitrogen and oxygen atoms in total. The molecule has 2 aliphatic carbocycles. The molecule has 2 fully saturated rings. The van der Waals surface area contributed by atoms with Gasteiger partial charge < -0.3 is 14.6 Å². The summed E-state index contributed by atoms with van der Waals surface area (Å²) < 4.78 is 26.7. The Balaban J connectivity index is 1.43. The number of aliphatic carboxylic acids is 1. The molecule has 39 heavy (non-hydrogen) atoms. The quantitative estimate of drug-likeness (QED) is 0.285. The lowest BCUT2D eigenvalue weighted by Crippen LogP contribution is -2.17. The van der Waals surface area contributed by atoms with Crippen LogP contribution >= 0.6 is 0 Å². The fourth-order valence-corrected chi connectivity index (χ4v) is 6.45. The molecule has 0 spiro atoms. The van der Waals surface area contributed by atoms with E-state index in [4.69, 9.17) is 9.47 Å². The van der Waals surface area contributed by atoms with Crippen molar-refractivity contribution in [2.45, 2.75) is 77.7 Å². The molecule has 5 rings (SSSR count). The minimum Gasteiger partial charge on any atom is -0.497 e. The Kier molecular flexibility index (Phi) is 7.45. The van der Waals surface area contributed by atoms with Gasteiger partial charge in [0.25, 0.3) is 0 Å². The fraction of sp³-hybridized carbons (Fsp3) is 0.441. The third kappa shape index (κ3) is 5.83. The molecule has 0 heterocycles. The van der Waals surface area contributed by atoms with Crippen molar-refractivity contribution in [3.63, 3.8) is 0 Å². The first-order valence-electron chi connectivity index (χ1n) is 14.0. The molecule has 3 aromatic rings. The topological polar surface area (TPSA) is 55.8 Å². The minimum atomic E-state index is -0.769. The minimum absolute atomic E-state index is 0.0215.